The fourth-order valence-corrected chi connectivity index (χ4v) is 6.68. The van der Waals surface area contributed by atoms with Gasteiger partial charge in [-0.3, -0.25) is 9.59 Å². The Hall–Kier alpha value is -3.19. The molecular formula is C30H41F3N6O3S. The normalized spacial score (nSPS) is 22.0. The molecule has 4 rings (SSSR count). The van der Waals surface area contributed by atoms with Crippen molar-refractivity contribution in [2.75, 3.05) is 20.1 Å². The van der Waals surface area contributed by atoms with Crippen molar-refractivity contribution >= 4 is 29.2 Å². The van der Waals surface area contributed by atoms with Crippen LogP contribution in [0.2, 0.25) is 0 Å². The summed E-state index contributed by atoms with van der Waals surface area (Å²) < 4.78 is 40.1. The van der Waals surface area contributed by atoms with Gasteiger partial charge in [0.2, 0.25) is 11.8 Å². The standard InChI is InChI=1S/C30H41F3N6O3S/c1-16(2)35-28(42)39-14-20(21-15-43-26(36-21)18-9-8-10-19(13-18)30(31,32)33)23-22(39)11-12-38(23)27(41)24(29(4,5)6)37-25(40)17(3)34-7/h8-10,13,15-17,20,22-24,34H,11-12,14H2,1-7H3,(H,35,42)(H,37,40)/t17-,20?,22+,23+,24+/m0/s1. The molecular weight excluding hydrogens is 581 g/mol. The highest BCUT2D eigenvalue weighted by Crippen LogP contribution is 2.43. The van der Waals surface area contributed by atoms with Crippen LogP contribution in [0.15, 0.2) is 29.6 Å². The zero-order chi connectivity index (χ0) is 31.9. The number of nitrogens with one attached hydrogen (secondary N) is 3. The zero-order valence-electron chi connectivity index (χ0n) is 25.6. The predicted molar refractivity (Wildman–Crippen MR) is 159 cm³/mol. The number of rotatable bonds is 7. The van der Waals surface area contributed by atoms with Crippen LogP contribution in [0.3, 0.4) is 0 Å². The van der Waals surface area contributed by atoms with E-state index in [1.54, 1.807) is 35.2 Å². The van der Waals surface area contributed by atoms with E-state index in [2.05, 4.69) is 16.0 Å². The average molecular weight is 623 g/mol. The summed E-state index contributed by atoms with van der Waals surface area (Å²) in [6, 6.07) is 2.72. The smallest absolute Gasteiger partial charge is 0.342 e. The fourth-order valence-electron chi connectivity index (χ4n) is 5.80. The minimum absolute atomic E-state index is 0.0921. The van der Waals surface area contributed by atoms with Crippen LogP contribution in [0.5, 0.6) is 0 Å². The van der Waals surface area contributed by atoms with Crippen LogP contribution in [0, 0.1) is 5.41 Å². The highest BCUT2D eigenvalue weighted by Gasteiger charge is 2.54. The minimum Gasteiger partial charge on any atom is -0.342 e. The molecule has 0 saturated carbocycles. The maximum atomic E-state index is 14.2. The van der Waals surface area contributed by atoms with Gasteiger partial charge in [-0.15, -0.1) is 11.3 Å². The van der Waals surface area contributed by atoms with E-state index >= 15 is 0 Å². The Kier molecular flexibility index (Phi) is 9.46. The van der Waals surface area contributed by atoms with Gasteiger partial charge in [0.1, 0.15) is 11.0 Å². The van der Waals surface area contributed by atoms with Gasteiger partial charge in [-0.2, -0.15) is 13.2 Å². The molecule has 3 N–H and O–H groups in total. The van der Waals surface area contributed by atoms with Crippen molar-refractivity contribution in [1.29, 1.82) is 0 Å². The SMILES string of the molecule is CN[C@@H](C)C(=O)N[C@H](C(=O)N1CC[C@@H]2[C@H]1C(c1csc(-c3cccc(C(F)(F)F)c3)n1)CN2C(=O)NC(C)C)C(C)(C)C. The number of urea groups is 1. The number of likely N-dealkylation sites (N-methyl/N-ethyl adjacent to an activating group) is 1. The molecule has 5 atom stereocenters. The Bertz CT molecular complexity index is 1340. The molecule has 0 spiro atoms. The number of hydrogen-bond donors (Lipinski definition) is 3. The van der Waals surface area contributed by atoms with Crippen LogP contribution in [0.1, 0.15) is 65.1 Å². The largest absolute Gasteiger partial charge is 0.416 e. The molecule has 2 saturated heterocycles. The van der Waals surface area contributed by atoms with E-state index in [0.29, 0.717) is 35.8 Å². The molecule has 0 radical (unpaired) electrons. The Balaban J connectivity index is 1.69. The lowest BCUT2D eigenvalue weighted by Crippen LogP contribution is -2.59. The van der Waals surface area contributed by atoms with E-state index in [4.69, 9.17) is 4.98 Å². The molecule has 0 bridgehead atoms. The van der Waals surface area contributed by atoms with Crippen LogP contribution in [-0.4, -0.2) is 83.0 Å². The Labute approximate surface area is 254 Å². The van der Waals surface area contributed by atoms with Gasteiger partial charge in [-0.25, -0.2) is 9.78 Å². The highest BCUT2D eigenvalue weighted by atomic mass is 32.1. The van der Waals surface area contributed by atoms with E-state index < -0.39 is 35.3 Å². The predicted octanol–water partition coefficient (Wildman–Crippen LogP) is 4.45. The third-order valence-electron chi connectivity index (χ3n) is 8.15. The maximum Gasteiger partial charge on any atom is 0.416 e. The second-order valence-electron chi connectivity index (χ2n) is 12.7. The zero-order valence-corrected chi connectivity index (χ0v) is 26.4. The Morgan fingerprint density at radius 2 is 1.77 bits per heavy atom. The summed E-state index contributed by atoms with van der Waals surface area (Å²) in [5.74, 6) is -0.892. The number of aromatic nitrogens is 1. The van der Waals surface area contributed by atoms with Gasteiger partial charge in [0.25, 0.3) is 0 Å². The quantitative estimate of drug-likeness (QED) is 0.423. The molecule has 3 heterocycles. The van der Waals surface area contributed by atoms with Crippen molar-refractivity contribution in [2.45, 2.75) is 90.3 Å². The topological polar surface area (TPSA) is 107 Å². The number of carbonyl (C=O) groups excluding carboxylic acids is 3. The van der Waals surface area contributed by atoms with Gasteiger partial charge in [0.15, 0.2) is 0 Å². The molecule has 1 aromatic heterocycles. The molecule has 13 heteroatoms. The van der Waals surface area contributed by atoms with Gasteiger partial charge in [-0.1, -0.05) is 32.9 Å². The number of halogens is 3. The summed E-state index contributed by atoms with van der Waals surface area (Å²) in [5.41, 5.74) is -0.386. The first-order valence-electron chi connectivity index (χ1n) is 14.5. The number of carbonyl (C=O) groups is 3. The Morgan fingerprint density at radius 1 is 1.07 bits per heavy atom. The monoisotopic (exact) mass is 622 g/mol. The lowest BCUT2D eigenvalue weighted by atomic mass is 9.85. The van der Waals surface area contributed by atoms with Gasteiger partial charge in [-0.05, 0) is 51.8 Å². The Morgan fingerprint density at radius 3 is 2.37 bits per heavy atom. The van der Waals surface area contributed by atoms with E-state index in [-0.39, 0.29) is 35.8 Å². The van der Waals surface area contributed by atoms with E-state index in [9.17, 15) is 27.6 Å². The van der Waals surface area contributed by atoms with Crippen LogP contribution in [0.25, 0.3) is 10.6 Å². The molecule has 1 unspecified atom stereocenters. The molecule has 43 heavy (non-hydrogen) atoms. The molecule has 4 amide bonds. The minimum atomic E-state index is -4.48. The average Bonchev–Trinajstić information content (AvgIpc) is 3.65. The summed E-state index contributed by atoms with van der Waals surface area (Å²) in [7, 11) is 1.67. The second-order valence-corrected chi connectivity index (χ2v) is 13.6. The number of alkyl halides is 3. The van der Waals surface area contributed by atoms with Crippen molar-refractivity contribution < 1.29 is 27.6 Å². The highest BCUT2D eigenvalue weighted by molar-refractivity contribution is 7.13. The van der Waals surface area contributed by atoms with E-state index in [1.807, 2.05) is 34.6 Å². The summed E-state index contributed by atoms with van der Waals surface area (Å²) in [6.07, 6.45) is -3.92. The van der Waals surface area contributed by atoms with Crippen LogP contribution >= 0.6 is 11.3 Å². The summed E-state index contributed by atoms with van der Waals surface area (Å²) in [6.45, 7) is 11.8. The first kappa shape index (κ1) is 32.7. The number of thiazole rings is 1. The molecule has 2 aromatic rings. The van der Waals surface area contributed by atoms with Gasteiger partial charge >= 0.3 is 12.2 Å². The van der Waals surface area contributed by atoms with Crippen molar-refractivity contribution in [3.05, 3.63) is 40.9 Å². The fraction of sp³-hybridized carbons (Fsp3) is 0.600. The third-order valence-corrected chi connectivity index (χ3v) is 9.06. The molecule has 236 valence electrons. The number of fused-ring (bicyclic) bond motifs is 1. The lowest BCUT2D eigenvalue weighted by molar-refractivity contribution is -0.140. The number of likely N-dealkylation sites (tertiary alicyclic amines) is 2. The van der Waals surface area contributed by atoms with Crippen LogP contribution < -0.4 is 16.0 Å². The van der Waals surface area contributed by atoms with Gasteiger partial charge in [0, 0.05) is 36.0 Å². The first-order valence-corrected chi connectivity index (χ1v) is 15.4. The summed E-state index contributed by atoms with van der Waals surface area (Å²) in [5, 5.41) is 11.0. The van der Waals surface area contributed by atoms with Crippen molar-refractivity contribution in [1.82, 2.24) is 30.7 Å². The number of benzene rings is 1. The summed E-state index contributed by atoms with van der Waals surface area (Å²) in [4.78, 5) is 48.6. The molecule has 1 aromatic carbocycles. The molecule has 2 aliphatic rings. The van der Waals surface area contributed by atoms with Crippen LogP contribution in [0.4, 0.5) is 18.0 Å². The first-order chi connectivity index (χ1) is 20.0. The van der Waals surface area contributed by atoms with E-state index in [0.717, 1.165) is 12.1 Å². The maximum absolute atomic E-state index is 14.2. The molecule has 2 fully saturated rings. The van der Waals surface area contributed by atoms with Crippen molar-refractivity contribution in [3.63, 3.8) is 0 Å². The number of amides is 4. The number of hydrogen-bond acceptors (Lipinski definition) is 6. The van der Waals surface area contributed by atoms with Crippen molar-refractivity contribution in [3.8, 4) is 10.6 Å². The lowest BCUT2D eigenvalue weighted by Gasteiger charge is -2.37. The number of nitrogens with zero attached hydrogens (tertiary/aromatic N) is 3. The van der Waals surface area contributed by atoms with Gasteiger partial charge in [0.05, 0.1) is 29.4 Å². The van der Waals surface area contributed by atoms with Crippen molar-refractivity contribution in [2.24, 2.45) is 5.41 Å². The third kappa shape index (κ3) is 6.98. The van der Waals surface area contributed by atoms with E-state index in [1.165, 1.54) is 17.4 Å². The second kappa shape index (κ2) is 12.4. The van der Waals surface area contributed by atoms with Gasteiger partial charge < -0.3 is 25.8 Å². The molecule has 0 aliphatic carbocycles. The molecule has 9 nitrogen and oxygen atoms in total. The summed E-state index contributed by atoms with van der Waals surface area (Å²) >= 11 is 1.23. The van der Waals surface area contributed by atoms with Crippen LogP contribution in [-0.2, 0) is 15.8 Å². The molecule has 2 aliphatic heterocycles.